The molecule has 0 aliphatic heterocycles. The predicted molar refractivity (Wildman–Crippen MR) is 165 cm³/mol. The van der Waals surface area contributed by atoms with Gasteiger partial charge in [0.2, 0.25) is 5.91 Å². The molecular formula is C34H34N4OS. The van der Waals surface area contributed by atoms with E-state index in [4.69, 9.17) is 0 Å². The number of aromatic nitrogens is 3. The smallest absolute Gasteiger partial charge is 0.242 e. The number of nitrogens with one attached hydrogen (secondary N) is 1. The van der Waals surface area contributed by atoms with Gasteiger partial charge in [-0.1, -0.05) is 111 Å². The Labute approximate surface area is 240 Å². The van der Waals surface area contributed by atoms with Crippen molar-refractivity contribution in [2.24, 2.45) is 0 Å². The summed E-state index contributed by atoms with van der Waals surface area (Å²) in [5, 5.41) is 12.5. The Kier molecular flexibility index (Phi) is 7.90. The molecule has 0 fully saturated rings. The van der Waals surface area contributed by atoms with Gasteiger partial charge in [-0.3, -0.25) is 9.36 Å². The van der Waals surface area contributed by atoms with Crippen molar-refractivity contribution in [3.8, 4) is 17.1 Å². The largest absolute Gasteiger partial charge is 0.325 e. The molecule has 1 atom stereocenters. The maximum absolute atomic E-state index is 13.8. The number of amides is 1. The molecule has 1 heterocycles. The van der Waals surface area contributed by atoms with Crippen LogP contribution in [-0.4, -0.2) is 20.7 Å². The summed E-state index contributed by atoms with van der Waals surface area (Å²) in [6.45, 7) is 10.7. The monoisotopic (exact) mass is 546 g/mol. The van der Waals surface area contributed by atoms with E-state index >= 15 is 0 Å². The van der Waals surface area contributed by atoms with Crippen LogP contribution in [0.4, 0.5) is 5.69 Å². The normalized spacial score (nSPS) is 12.2. The molecule has 5 rings (SSSR count). The number of thioether (sulfide) groups is 1. The Morgan fingerprint density at radius 1 is 0.800 bits per heavy atom. The number of aryl methyl sites for hydroxylation is 2. The molecular weight excluding hydrogens is 512 g/mol. The molecule has 0 aliphatic carbocycles. The van der Waals surface area contributed by atoms with E-state index in [-0.39, 0.29) is 11.3 Å². The average molecular weight is 547 g/mol. The molecule has 1 aromatic heterocycles. The van der Waals surface area contributed by atoms with Crippen LogP contribution >= 0.6 is 11.8 Å². The minimum absolute atomic E-state index is 0.0543. The van der Waals surface area contributed by atoms with Gasteiger partial charge < -0.3 is 5.32 Å². The molecule has 0 unspecified atom stereocenters. The third-order valence-corrected chi connectivity index (χ3v) is 7.91. The average Bonchev–Trinajstić information content (AvgIpc) is 3.35. The third kappa shape index (κ3) is 6.18. The van der Waals surface area contributed by atoms with Gasteiger partial charge >= 0.3 is 0 Å². The van der Waals surface area contributed by atoms with Crippen molar-refractivity contribution in [2.75, 3.05) is 5.32 Å². The maximum Gasteiger partial charge on any atom is 0.242 e. The zero-order chi connectivity index (χ0) is 28.3. The molecule has 0 radical (unpaired) electrons. The van der Waals surface area contributed by atoms with Gasteiger partial charge in [0.05, 0.1) is 0 Å². The van der Waals surface area contributed by atoms with Crippen LogP contribution in [0.25, 0.3) is 17.1 Å². The lowest BCUT2D eigenvalue weighted by Gasteiger charge is -2.19. The summed E-state index contributed by atoms with van der Waals surface area (Å²) in [7, 11) is 0. The van der Waals surface area contributed by atoms with E-state index in [0.29, 0.717) is 5.16 Å². The lowest BCUT2D eigenvalue weighted by molar-refractivity contribution is -0.115. The molecule has 1 N–H and O–H groups in total. The van der Waals surface area contributed by atoms with E-state index in [9.17, 15) is 4.79 Å². The van der Waals surface area contributed by atoms with Crippen molar-refractivity contribution in [3.63, 3.8) is 0 Å². The fraction of sp³-hybridized carbons (Fsp3) is 0.206. The Morgan fingerprint density at radius 2 is 1.40 bits per heavy atom. The Balaban J connectivity index is 1.55. The van der Waals surface area contributed by atoms with Gasteiger partial charge in [-0.15, -0.1) is 10.2 Å². The highest BCUT2D eigenvalue weighted by Gasteiger charge is 2.27. The highest BCUT2D eigenvalue weighted by Crippen LogP contribution is 2.38. The molecule has 40 heavy (non-hydrogen) atoms. The van der Waals surface area contributed by atoms with Crippen LogP contribution in [0, 0.1) is 13.8 Å². The SMILES string of the molecule is Cc1cc(C)cc(NC(=O)[C@H](Sc2nnc(-c3ccc(C(C)(C)C)cc3)n2-c2ccccc2)c2ccccc2)c1. The number of benzene rings is 4. The van der Waals surface area contributed by atoms with Crippen LogP contribution in [0.15, 0.2) is 108 Å². The van der Waals surface area contributed by atoms with Crippen LogP contribution in [-0.2, 0) is 10.2 Å². The lowest BCUT2D eigenvalue weighted by atomic mass is 9.87. The Hall–Kier alpha value is -4.16. The second kappa shape index (κ2) is 11.5. The molecule has 0 aliphatic rings. The number of carbonyl (C=O) groups excluding carboxylic acids is 1. The molecule has 1 amide bonds. The molecule has 0 saturated carbocycles. The van der Waals surface area contributed by atoms with Gasteiger partial charge in [0.25, 0.3) is 0 Å². The minimum Gasteiger partial charge on any atom is -0.325 e. The Morgan fingerprint density at radius 3 is 2.00 bits per heavy atom. The van der Waals surface area contributed by atoms with E-state index in [1.54, 1.807) is 0 Å². The number of rotatable bonds is 7. The Bertz CT molecular complexity index is 1580. The van der Waals surface area contributed by atoms with Gasteiger partial charge in [0.1, 0.15) is 5.25 Å². The standard InChI is InChI=1S/C34H34N4OS/c1-23-20-24(2)22-28(21-23)35-32(39)30(25-12-8-6-9-13-25)40-33-37-36-31(38(33)29-14-10-7-11-15-29)26-16-18-27(19-17-26)34(3,4)5/h6-22,30H,1-5H3,(H,35,39)/t30-/m1/s1. The van der Waals surface area contributed by atoms with Gasteiger partial charge in [-0.05, 0) is 65.8 Å². The summed E-state index contributed by atoms with van der Waals surface area (Å²) < 4.78 is 2.04. The number of hydrogen-bond donors (Lipinski definition) is 1. The lowest BCUT2D eigenvalue weighted by Crippen LogP contribution is -2.19. The van der Waals surface area contributed by atoms with Crippen molar-refractivity contribution in [2.45, 2.75) is 50.4 Å². The summed E-state index contributed by atoms with van der Waals surface area (Å²) in [6.07, 6.45) is 0. The number of para-hydroxylation sites is 1. The van der Waals surface area contributed by atoms with E-state index in [0.717, 1.165) is 39.5 Å². The zero-order valence-corrected chi connectivity index (χ0v) is 24.4. The predicted octanol–water partition coefficient (Wildman–Crippen LogP) is 8.32. The van der Waals surface area contributed by atoms with Crippen LogP contribution in [0.2, 0.25) is 0 Å². The molecule has 6 heteroatoms. The molecule has 0 spiro atoms. The third-order valence-electron chi connectivity index (χ3n) is 6.71. The first-order valence-electron chi connectivity index (χ1n) is 13.4. The first-order valence-corrected chi connectivity index (χ1v) is 14.3. The molecule has 202 valence electrons. The quantitative estimate of drug-likeness (QED) is 0.209. The topological polar surface area (TPSA) is 59.8 Å². The van der Waals surface area contributed by atoms with Crippen molar-refractivity contribution in [1.82, 2.24) is 14.8 Å². The highest BCUT2D eigenvalue weighted by atomic mass is 32.2. The van der Waals surface area contributed by atoms with Crippen molar-refractivity contribution in [1.29, 1.82) is 0 Å². The van der Waals surface area contributed by atoms with E-state index in [1.807, 2.05) is 91.2 Å². The first kappa shape index (κ1) is 27.4. The first-order chi connectivity index (χ1) is 19.2. The summed E-state index contributed by atoms with van der Waals surface area (Å²) in [5.41, 5.74) is 7.10. The molecule has 5 nitrogen and oxygen atoms in total. The van der Waals surface area contributed by atoms with Crippen molar-refractivity contribution < 1.29 is 4.79 Å². The van der Waals surface area contributed by atoms with Crippen LogP contribution < -0.4 is 5.32 Å². The molecule has 0 saturated heterocycles. The summed E-state index contributed by atoms with van der Waals surface area (Å²) >= 11 is 1.40. The summed E-state index contributed by atoms with van der Waals surface area (Å²) in [5.74, 6) is 0.621. The van der Waals surface area contributed by atoms with E-state index in [1.165, 1.54) is 17.3 Å². The van der Waals surface area contributed by atoms with Gasteiger partial charge in [-0.2, -0.15) is 0 Å². The fourth-order valence-corrected chi connectivity index (χ4v) is 5.78. The number of carbonyl (C=O) groups is 1. The molecule has 0 bridgehead atoms. The summed E-state index contributed by atoms with van der Waals surface area (Å²) in [4.78, 5) is 13.8. The van der Waals surface area contributed by atoms with Crippen molar-refractivity contribution in [3.05, 3.63) is 125 Å². The zero-order valence-electron chi connectivity index (χ0n) is 23.6. The van der Waals surface area contributed by atoms with Gasteiger partial charge in [0, 0.05) is 16.9 Å². The number of hydrogen-bond acceptors (Lipinski definition) is 4. The van der Waals surface area contributed by atoms with Gasteiger partial charge in [-0.25, -0.2) is 0 Å². The van der Waals surface area contributed by atoms with Crippen molar-refractivity contribution >= 4 is 23.4 Å². The van der Waals surface area contributed by atoms with Crippen LogP contribution in [0.1, 0.15) is 48.3 Å². The number of anilines is 1. The second-order valence-corrected chi connectivity index (χ2v) is 12.2. The summed E-state index contributed by atoms with van der Waals surface area (Å²) in [6, 6.07) is 34.4. The van der Waals surface area contributed by atoms with E-state index < -0.39 is 5.25 Å². The second-order valence-electron chi connectivity index (χ2n) is 11.1. The van der Waals surface area contributed by atoms with Crippen LogP contribution in [0.3, 0.4) is 0 Å². The van der Waals surface area contributed by atoms with Crippen LogP contribution in [0.5, 0.6) is 0 Å². The minimum atomic E-state index is -0.537. The maximum atomic E-state index is 13.8. The molecule has 5 aromatic rings. The highest BCUT2D eigenvalue weighted by molar-refractivity contribution is 8.00. The fourth-order valence-electron chi connectivity index (χ4n) is 4.72. The molecule has 4 aromatic carbocycles. The number of nitrogens with zero attached hydrogens (tertiary/aromatic N) is 3. The van der Waals surface area contributed by atoms with Gasteiger partial charge in [0.15, 0.2) is 11.0 Å². The van der Waals surface area contributed by atoms with E-state index in [2.05, 4.69) is 66.6 Å².